The first kappa shape index (κ1) is 12.3. The van der Waals surface area contributed by atoms with E-state index in [0.29, 0.717) is 17.1 Å². The molecule has 0 saturated carbocycles. The van der Waals surface area contributed by atoms with E-state index in [1.165, 1.54) is 6.07 Å². The molecule has 0 unspecified atom stereocenters. The smallest absolute Gasteiger partial charge is 0.255 e. The van der Waals surface area contributed by atoms with E-state index in [4.69, 9.17) is 11.6 Å². The molecule has 2 heterocycles. The molecule has 0 bridgehead atoms. The maximum atomic E-state index is 12.0. The number of aromatic nitrogens is 2. The summed E-state index contributed by atoms with van der Waals surface area (Å²) in [7, 11) is 1.71. The highest BCUT2D eigenvalue weighted by Crippen LogP contribution is 2.15. The number of halogens is 1. The van der Waals surface area contributed by atoms with Crippen LogP contribution in [-0.4, -0.2) is 22.9 Å². The number of hydrogen-bond donors (Lipinski definition) is 2. The summed E-state index contributed by atoms with van der Waals surface area (Å²) >= 11 is 5.83. The zero-order valence-electron chi connectivity index (χ0n) is 9.64. The van der Waals surface area contributed by atoms with Gasteiger partial charge in [0.1, 0.15) is 11.0 Å². The summed E-state index contributed by atoms with van der Waals surface area (Å²) in [6, 6.07) is 6.56. The Balaban J connectivity index is 2.21. The first-order chi connectivity index (χ1) is 8.69. The quantitative estimate of drug-likeness (QED) is 0.834. The number of hydrogen-bond acceptors (Lipinski definition) is 4. The Hall–Kier alpha value is -2.14. The third kappa shape index (κ3) is 2.95. The summed E-state index contributed by atoms with van der Waals surface area (Å²) in [5.74, 6) is 0.296. The molecule has 0 fully saturated rings. The van der Waals surface area contributed by atoms with Gasteiger partial charge in [0.15, 0.2) is 0 Å². The van der Waals surface area contributed by atoms with E-state index in [0.717, 1.165) is 0 Å². The van der Waals surface area contributed by atoms with Crippen LogP contribution in [0.5, 0.6) is 0 Å². The van der Waals surface area contributed by atoms with Crippen LogP contribution in [-0.2, 0) is 0 Å². The van der Waals surface area contributed by atoms with Gasteiger partial charge in [0.25, 0.3) is 5.91 Å². The predicted octanol–water partition coefficient (Wildman–Crippen LogP) is 2.42. The summed E-state index contributed by atoms with van der Waals surface area (Å²) in [5.41, 5.74) is 1.12. The molecule has 0 radical (unpaired) electrons. The van der Waals surface area contributed by atoms with E-state index in [1.54, 1.807) is 37.6 Å². The summed E-state index contributed by atoms with van der Waals surface area (Å²) < 4.78 is 0. The minimum Gasteiger partial charge on any atom is -0.373 e. The van der Waals surface area contributed by atoms with Gasteiger partial charge in [-0.2, -0.15) is 0 Å². The Morgan fingerprint density at radius 1 is 1.28 bits per heavy atom. The summed E-state index contributed by atoms with van der Waals surface area (Å²) in [4.78, 5) is 19.9. The van der Waals surface area contributed by atoms with Crippen molar-refractivity contribution in [3.63, 3.8) is 0 Å². The molecule has 2 N–H and O–H groups in total. The number of carbonyl (C=O) groups is 1. The van der Waals surface area contributed by atoms with Gasteiger partial charge in [-0.3, -0.25) is 9.78 Å². The maximum Gasteiger partial charge on any atom is 0.255 e. The second-order valence-corrected chi connectivity index (χ2v) is 3.89. The Kier molecular flexibility index (Phi) is 3.74. The van der Waals surface area contributed by atoms with Gasteiger partial charge in [-0.15, -0.1) is 0 Å². The van der Waals surface area contributed by atoms with E-state index in [2.05, 4.69) is 20.6 Å². The molecule has 0 aliphatic heterocycles. The van der Waals surface area contributed by atoms with Crippen molar-refractivity contribution in [3.05, 3.63) is 47.4 Å². The number of carbonyl (C=O) groups excluding carboxylic acids is 1. The van der Waals surface area contributed by atoms with Gasteiger partial charge >= 0.3 is 0 Å². The lowest BCUT2D eigenvalue weighted by Gasteiger charge is -2.07. The van der Waals surface area contributed by atoms with Crippen LogP contribution < -0.4 is 10.6 Å². The average Bonchev–Trinajstić information content (AvgIpc) is 2.39. The fourth-order valence-electron chi connectivity index (χ4n) is 1.39. The van der Waals surface area contributed by atoms with Crippen molar-refractivity contribution in [3.8, 4) is 0 Å². The molecule has 1 amide bonds. The Morgan fingerprint density at radius 3 is 2.67 bits per heavy atom. The van der Waals surface area contributed by atoms with Crippen LogP contribution in [0, 0.1) is 0 Å². The molecule has 92 valence electrons. The van der Waals surface area contributed by atoms with Crippen LogP contribution in [0.3, 0.4) is 0 Å². The van der Waals surface area contributed by atoms with Crippen LogP contribution in [0.15, 0.2) is 36.7 Å². The number of anilines is 2. The SMILES string of the molecule is CNc1cc(C(=O)Nc2ccncc2)cc(Cl)n1. The number of nitrogens with one attached hydrogen (secondary N) is 2. The van der Waals surface area contributed by atoms with E-state index in [9.17, 15) is 4.79 Å². The van der Waals surface area contributed by atoms with Crippen LogP contribution in [0.1, 0.15) is 10.4 Å². The molecule has 6 heteroatoms. The lowest BCUT2D eigenvalue weighted by Crippen LogP contribution is -2.12. The zero-order chi connectivity index (χ0) is 13.0. The van der Waals surface area contributed by atoms with E-state index < -0.39 is 0 Å². The van der Waals surface area contributed by atoms with Gasteiger partial charge < -0.3 is 10.6 Å². The standard InChI is InChI=1S/C12H11ClN4O/c1-14-11-7-8(6-10(13)17-11)12(18)16-9-2-4-15-5-3-9/h2-7H,1H3,(H,14,17)(H,15,16,18). The van der Waals surface area contributed by atoms with E-state index in [-0.39, 0.29) is 11.1 Å². The van der Waals surface area contributed by atoms with Gasteiger partial charge in [0.2, 0.25) is 0 Å². The highest BCUT2D eigenvalue weighted by atomic mass is 35.5. The monoisotopic (exact) mass is 262 g/mol. The van der Waals surface area contributed by atoms with Gasteiger partial charge in [-0.1, -0.05) is 11.6 Å². The lowest BCUT2D eigenvalue weighted by molar-refractivity contribution is 0.102. The van der Waals surface area contributed by atoms with E-state index >= 15 is 0 Å². The Labute approximate surface area is 109 Å². The van der Waals surface area contributed by atoms with Crippen LogP contribution in [0.2, 0.25) is 5.15 Å². The molecule has 2 aromatic rings. The van der Waals surface area contributed by atoms with E-state index in [1.807, 2.05) is 0 Å². The van der Waals surface area contributed by atoms with Crippen molar-refractivity contribution in [2.24, 2.45) is 0 Å². The van der Waals surface area contributed by atoms with Crippen molar-refractivity contribution in [1.29, 1.82) is 0 Å². The van der Waals surface area contributed by atoms with Gasteiger partial charge in [0.05, 0.1) is 0 Å². The Morgan fingerprint density at radius 2 is 2.00 bits per heavy atom. The molecule has 18 heavy (non-hydrogen) atoms. The first-order valence-corrected chi connectivity index (χ1v) is 5.63. The van der Waals surface area contributed by atoms with Crippen LogP contribution in [0.25, 0.3) is 0 Å². The number of rotatable bonds is 3. The van der Waals surface area contributed by atoms with Gasteiger partial charge in [-0.25, -0.2) is 4.98 Å². The number of nitrogens with zero attached hydrogens (tertiary/aromatic N) is 2. The molecular weight excluding hydrogens is 252 g/mol. The molecule has 0 aliphatic carbocycles. The van der Waals surface area contributed by atoms with Crippen LogP contribution >= 0.6 is 11.6 Å². The molecule has 0 atom stereocenters. The molecule has 0 aliphatic rings. The van der Waals surface area contributed by atoms with Crippen molar-refractivity contribution in [2.45, 2.75) is 0 Å². The summed E-state index contributed by atoms with van der Waals surface area (Å²) in [6.07, 6.45) is 3.21. The molecule has 0 aromatic carbocycles. The highest BCUT2D eigenvalue weighted by molar-refractivity contribution is 6.30. The second kappa shape index (κ2) is 5.46. The van der Waals surface area contributed by atoms with Crippen molar-refractivity contribution in [1.82, 2.24) is 9.97 Å². The second-order valence-electron chi connectivity index (χ2n) is 3.50. The van der Waals surface area contributed by atoms with Crippen LogP contribution in [0.4, 0.5) is 11.5 Å². The summed E-state index contributed by atoms with van der Waals surface area (Å²) in [6.45, 7) is 0. The molecule has 5 nitrogen and oxygen atoms in total. The topological polar surface area (TPSA) is 66.9 Å². The average molecular weight is 263 g/mol. The lowest BCUT2D eigenvalue weighted by atomic mass is 10.2. The third-order valence-corrected chi connectivity index (χ3v) is 2.44. The van der Waals surface area contributed by atoms with Crippen molar-refractivity contribution >= 4 is 29.0 Å². The third-order valence-electron chi connectivity index (χ3n) is 2.25. The number of amides is 1. The van der Waals surface area contributed by atoms with Crippen molar-refractivity contribution < 1.29 is 4.79 Å². The Bertz CT molecular complexity index is 559. The van der Waals surface area contributed by atoms with Gasteiger partial charge in [-0.05, 0) is 24.3 Å². The predicted molar refractivity (Wildman–Crippen MR) is 71.0 cm³/mol. The molecule has 2 aromatic heterocycles. The minimum absolute atomic E-state index is 0.248. The number of pyridine rings is 2. The normalized spacial score (nSPS) is 9.89. The first-order valence-electron chi connectivity index (χ1n) is 5.26. The maximum absolute atomic E-state index is 12.0. The minimum atomic E-state index is -0.248. The summed E-state index contributed by atoms with van der Waals surface area (Å²) in [5, 5.41) is 5.85. The fourth-order valence-corrected chi connectivity index (χ4v) is 1.60. The molecule has 0 saturated heterocycles. The largest absolute Gasteiger partial charge is 0.373 e. The zero-order valence-corrected chi connectivity index (χ0v) is 10.4. The van der Waals surface area contributed by atoms with Gasteiger partial charge in [0, 0.05) is 30.7 Å². The molecule has 0 spiro atoms. The fraction of sp³-hybridized carbons (Fsp3) is 0.0833. The molecule has 2 rings (SSSR count). The van der Waals surface area contributed by atoms with Crippen molar-refractivity contribution in [2.75, 3.05) is 17.7 Å². The highest BCUT2D eigenvalue weighted by Gasteiger charge is 2.09. The molecular formula is C12H11ClN4O.